The van der Waals surface area contributed by atoms with Crippen molar-refractivity contribution in [2.24, 2.45) is 7.05 Å². The molecule has 5 rings (SSSR count). The molecule has 0 spiro atoms. The van der Waals surface area contributed by atoms with Crippen LogP contribution in [0.1, 0.15) is 22.5 Å². The Morgan fingerprint density at radius 2 is 1.91 bits per heavy atom. The molecule has 0 atom stereocenters. The molecule has 0 unspecified atom stereocenters. The van der Waals surface area contributed by atoms with Crippen LogP contribution in [0.4, 0.5) is 13.2 Å². The highest BCUT2D eigenvalue weighted by atomic mass is 35.5. The lowest BCUT2D eigenvalue weighted by Gasteiger charge is -2.14. The lowest BCUT2D eigenvalue weighted by Crippen LogP contribution is -2.24. The van der Waals surface area contributed by atoms with Crippen LogP contribution >= 0.6 is 24.8 Å². The zero-order valence-electron chi connectivity index (χ0n) is 18.6. The van der Waals surface area contributed by atoms with Crippen LogP contribution in [0.5, 0.6) is 5.75 Å². The molecule has 35 heavy (non-hydrogen) atoms. The summed E-state index contributed by atoms with van der Waals surface area (Å²) in [5, 5.41) is 4.59. The van der Waals surface area contributed by atoms with Crippen molar-refractivity contribution in [3.05, 3.63) is 87.7 Å². The zero-order chi connectivity index (χ0) is 23.2. The van der Waals surface area contributed by atoms with E-state index in [4.69, 9.17) is 4.74 Å². The van der Waals surface area contributed by atoms with E-state index in [1.807, 2.05) is 25.2 Å². The van der Waals surface area contributed by atoms with E-state index in [0.717, 1.165) is 43.0 Å². The van der Waals surface area contributed by atoms with E-state index < -0.39 is 11.7 Å². The number of alkyl halides is 3. The molecule has 0 bridgehead atoms. The third-order valence-electron chi connectivity index (χ3n) is 5.97. The van der Waals surface area contributed by atoms with Crippen molar-refractivity contribution in [1.82, 2.24) is 19.4 Å². The number of aryl methyl sites for hydroxylation is 1. The number of hydrogen-bond donors (Lipinski definition) is 1. The van der Waals surface area contributed by atoms with Crippen LogP contribution in [0.25, 0.3) is 16.6 Å². The SMILES string of the molecule is Cl.Cl.Cn1c2c(c3ccc(-n4ccc(OCc5ccc(C(F)(F)F)cn5)cc4=O)cc31)CNCC2. The lowest BCUT2D eigenvalue weighted by molar-refractivity contribution is -0.137. The summed E-state index contributed by atoms with van der Waals surface area (Å²) in [7, 11) is 2.05. The van der Waals surface area contributed by atoms with Crippen molar-refractivity contribution in [3.63, 3.8) is 0 Å². The fourth-order valence-corrected chi connectivity index (χ4v) is 4.24. The first-order chi connectivity index (χ1) is 15.8. The second-order valence-electron chi connectivity index (χ2n) is 8.01. The second-order valence-corrected chi connectivity index (χ2v) is 8.01. The normalized spacial score (nSPS) is 13.0. The monoisotopic (exact) mass is 526 g/mol. The molecule has 0 saturated heterocycles. The van der Waals surface area contributed by atoms with E-state index >= 15 is 0 Å². The first-order valence-corrected chi connectivity index (χ1v) is 10.5. The quantitative estimate of drug-likeness (QED) is 0.414. The fraction of sp³-hybridized carbons (Fsp3) is 0.250. The molecule has 1 aliphatic heterocycles. The first kappa shape index (κ1) is 26.6. The molecule has 1 N–H and O–H groups in total. The van der Waals surface area contributed by atoms with E-state index in [-0.39, 0.29) is 37.0 Å². The smallest absolute Gasteiger partial charge is 0.417 e. The highest BCUT2D eigenvalue weighted by molar-refractivity contribution is 5.87. The minimum absolute atomic E-state index is 0. The van der Waals surface area contributed by atoms with Gasteiger partial charge in [0, 0.05) is 56.1 Å². The van der Waals surface area contributed by atoms with Gasteiger partial charge in [-0.2, -0.15) is 13.2 Å². The summed E-state index contributed by atoms with van der Waals surface area (Å²) >= 11 is 0. The summed E-state index contributed by atoms with van der Waals surface area (Å²) in [6, 6.07) is 11.2. The Labute approximate surface area is 211 Å². The molecule has 1 aliphatic rings. The van der Waals surface area contributed by atoms with Crippen molar-refractivity contribution >= 4 is 35.7 Å². The van der Waals surface area contributed by atoms with Gasteiger partial charge in [0.15, 0.2) is 0 Å². The van der Waals surface area contributed by atoms with Gasteiger partial charge in [0.2, 0.25) is 0 Å². The van der Waals surface area contributed by atoms with Crippen molar-refractivity contribution in [2.75, 3.05) is 6.54 Å². The van der Waals surface area contributed by atoms with Crippen molar-refractivity contribution in [1.29, 1.82) is 0 Å². The maximum Gasteiger partial charge on any atom is 0.417 e. The van der Waals surface area contributed by atoms with Crippen LogP contribution in [-0.2, 0) is 32.8 Å². The number of hydrogen-bond acceptors (Lipinski definition) is 4. The Bertz CT molecular complexity index is 1400. The van der Waals surface area contributed by atoms with Crippen LogP contribution in [-0.4, -0.2) is 20.7 Å². The minimum Gasteiger partial charge on any atom is -0.487 e. The number of fused-ring (bicyclic) bond motifs is 3. The molecule has 4 aromatic rings. The number of aromatic nitrogens is 3. The summed E-state index contributed by atoms with van der Waals surface area (Å²) < 4.78 is 47.2. The molecule has 11 heteroatoms. The van der Waals surface area contributed by atoms with Crippen molar-refractivity contribution in [3.8, 4) is 11.4 Å². The van der Waals surface area contributed by atoms with E-state index in [1.165, 1.54) is 33.3 Å². The van der Waals surface area contributed by atoms with Gasteiger partial charge in [0.05, 0.1) is 22.5 Å². The minimum atomic E-state index is -4.43. The number of rotatable bonds is 4. The maximum atomic E-state index is 12.7. The predicted octanol–water partition coefficient (Wildman–Crippen LogP) is 4.81. The highest BCUT2D eigenvalue weighted by Gasteiger charge is 2.30. The van der Waals surface area contributed by atoms with Gasteiger partial charge >= 0.3 is 6.18 Å². The summed E-state index contributed by atoms with van der Waals surface area (Å²) in [6.45, 7) is 1.75. The van der Waals surface area contributed by atoms with Gasteiger partial charge < -0.3 is 14.6 Å². The lowest BCUT2D eigenvalue weighted by atomic mass is 10.1. The molecule has 6 nitrogen and oxygen atoms in total. The third-order valence-corrected chi connectivity index (χ3v) is 5.97. The zero-order valence-corrected chi connectivity index (χ0v) is 20.3. The van der Waals surface area contributed by atoms with Crippen molar-refractivity contribution < 1.29 is 17.9 Å². The number of nitrogens with one attached hydrogen (secondary N) is 1. The molecule has 0 aliphatic carbocycles. The molecule has 0 radical (unpaired) electrons. The molecular weight excluding hydrogens is 504 g/mol. The molecular formula is C24H23Cl2F3N4O2. The Morgan fingerprint density at radius 3 is 2.60 bits per heavy atom. The van der Waals surface area contributed by atoms with Gasteiger partial charge in [-0.1, -0.05) is 6.07 Å². The summed E-state index contributed by atoms with van der Waals surface area (Å²) in [4.78, 5) is 16.5. The Balaban J connectivity index is 0.00000171. The topological polar surface area (TPSA) is 61.1 Å². The average Bonchev–Trinajstić information content (AvgIpc) is 3.09. The van der Waals surface area contributed by atoms with E-state index in [0.29, 0.717) is 11.4 Å². The molecule has 0 saturated carbocycles. The second kappa shape index (κ2) is 10.3. The molecule has 3 aromatic heterocycles. The summed E-state index contributed by atoms with van der Waals surface area (Å²) in [5.41, 5.74) is 3.68. The molecule has 186 valence electrons. The first-order valence-electron chi connectivity index (χ1n) is 10.5. The Hall–Kier alpha value is -3.01. The fourth-order valence-electron chi connectivity index (χ4n) is 4.24. The van der Waals surface area contributed by atoms with Gasteiger partial charge in [-0.05, 0) is 35.9 Å². The predicted molar refractivity (Wildman–Crippen MR) is 132 cm³/mol. The third kappa shape index (κ3) is 5.17. The number of benzene rings is 1. The molecule has 0 amide bonds. The highest BCUT2D eigenvalue weighted by Crippen LogP contribution is 2.30. The number of halogens is 5. The van der Waals surface area contributed by atoms with Crippen LogP contribution in [0.3, 0.4) is 0 Å². The summed E-state index contributed by atoms with van der Waals surface area (Å²) in [6.07, 6.45) is -1.07. The van der Waals surface area contributed by atoms with Gasteiger partial charge in [-0.3, -0.25) is 14.3 Å². The van der Waals surface area contributed by atoms with Gasteiger partial charge in [0.1, 0.15) is 12.4 Å². The average molecular weight is 527 g/mol. The Kier molecular flexibility index (Phi) is 7.83. The van der Waals surface area contributed by atoms with E-state index in [2.05, 4.69) is 14.9 Å². The van der Waals surface area contributed by atoms with Crippen LogP contribution in [0.15, 0.2) is 59.7 Å². The number of pyridine rings is 2. The van der Waals surface area contributed by atoms with E-state index in [9.17, 15) is 18.0 Å². The van der Waals surface area contributed by atoms with Crippen molar-refractivity contribution in [2.45, 2.75) is 25.7 Å². The van der Waals surface area contributed by atoms with Gasteiger partial charge in [0.25, 0.3) is 5.56 Å². The van der Waals surface area contributed by atoms with E-state index in [1.54, 1.807) is 12.3 Å². The van der Waals surface area contributed by atoms with Crippen LogP contribution < -0.4 is 15.6 Å². The van der Waals surface area contributed by atoms with Crippen LogP contribution in [0.2, 0.25) is 0 Å². The van der Waals surface area contributed by atoms with Gasteiger partial charge in [-0.25, -0.2) is 0 Å². The maximum absolute atomic E-state index is 12.7. The van der Waals surface area contributed by atoms with Crippen LogP contribution in [0, 0.1) is 0 Å². The molecule has 0 fully saturated rings. The Morgan fingerprint density at radius 1 is 1.11 bits per heavy atom. The largest absolute Gasteiger partial charge is 0.487 e. The number of nitrogens with zero attached hydrogens (tertiary/aromatic N) is 3. The molecule has 4 heterocycles. The number of ether oxygens (including phenoxy) is 1. The van der Waals surface area contributed by atoms with Gasteiger partial charge in [-0.15, -0.1) is 24.8 Å². The standard InChI is InChI=1S/C24H21F3N4O2.2ClH/c1-30-21-6-8-28-13-20(21)19-5-4-17(10-22(19)30)31-9-7-18(11-23(31)32)33-14-16-3-2-15(12-29-16)24(25,26)27;;/h2-5,7,9-12,28H,6,8,13-14H2,1H3;2*1H. The molecule has 1 aromatic carbocycles. The summed E-state index contributed by atoms with van der Waals surface area (Å²) in [5.74, 6) is 0.319.